The zero-order chi connectivity index (χ0) is 28.1. The number of hydrogen-bond acceptors (Lipinski definition) is 4. The highest BCUT2D eigenvalue weighted by Crippen LogP contribution is 2.60. The van der Waals surface area contributed by atoms with E-state index in [2.05, 4.69) is 29.8 Å². The maximum atomic E-state index is 14.0. The smallest absolute Gasteiger partial charge is 0.399 e. The van der Waals surface area contributed by atoms with Gasteiger partial charge in [0.2, 0.25) is 0 Å². The molecule has 3 N–H and O–H groups in total. The molecule has 3 aromatic rings. The molecular weight excluding hydrogens is 601 g/mol. The predicted molar refractivity (Wildman–Crippen MR) is 149 cm³/mol. The molecule has 0 amide bonds. The van der Waals surface area contributed by atoms with Gasteiger partial charge in [0, 0.05) is 21.5 Å². The molecule has 38 heavy (non-hydrogen) atoms. The fourth-order valence-corrected chi connectivity index (χ4v) is 5.82. The summed E-state index contributed by atoms with van der Waals surface area (Å²) in [5.41, 5.74) is -1.55. The molecule has 0 fully saturated rings. The average molecular weight is 629 g/mol. The van der Waals surface area contributed by atoms with E-state index in [1.165, 1.54) is 12.1 Å². The summed E-state index contributed by atoms with van der Waals surface area (Å²) in [6.45, 7) is 4.60. The maximum Gasteiger partial charge on any atom is 0.399 e. The van der Waals surface area contributed by atoms with E-state index in [0.717, 1.165) is 34.7 Å². The molecule has 0 radical (unpaired) electrons. The fraction of sp³-hybridized carbons (Fsp3) is 0.296. The highest BCUT2D eigenvalue weighted by Gasteiger charge is 2.51. The number of rotatable bonds is 12. The van der Waals surface area contributed by atoms with Gasteiger partial charge in [-0.3, -0.25) is 4.57 Å². The molecule has 3 rings (SSSR count). The summed E-state index contributed by atoms with van der Waals surface area (Å²) in [6, 6.07) is 16.7. The fourth-order valence-electron chi connectivity index (χ4n) is 3.54. The Kier molecular flexibility index (Phi) is 10.2. The second-order valence-corrected chi connectivity index (χ2v) is 12.6. The third-order valence-corrected chi connectivity index (χ3v) is 8.41. The summed E-state index contributed by atoms with van der Waals surface area (Å²) in [5, 5.41) is 9.63. The lowest BCUT2D eigenvalue weighted by Gasteiger charge is -2.19. The molecule has 0 saturated heterocycles. The second-order valence-electron chi connectivity index (χ2n) is 9.14. The van der Waals surface area contributed by atoms with Gasteiger partial charge < -0.3 is 19.6 Å². The number of aromatic carboxylic acids is 1. The minimum absolute atomic E-state index is 0.0645. The van der Waals surface area contributed by atoms with Crippen molar-refractivity contribution in [2.45, 2.75) is 37.4 Å². The van der Waals surface area contributed by atoms with Crippen molar-refractivity contribution in [3.05, 3.63) is 87.4 Å². The molecule has 3 aromatic carbocycles. The molecule has 0 heterocycles. The van der Waals surface area contributed by atoms with Gasteiger partial charge in [-0.2, -0.15) is 20.5 Å². The Bertz CT molecular complexity index is 1330. The van der Waals surface area contributed by atoms with Crippen LogP contribution in [0.1, 0.15) is 47.3 Å². The average Bonchev–Trinajstić information content (AvgIpc) is 2.83. The number of alkyl halides is 2. The molecular formula is C27H28BrF2O6PS. The number of benzene rings is 3. The van der Waals surface area contributed by atoms with Crippen LogP contribution in [0.25, 0.3) is 11.1 Å². The largest absolute Gasteiger partial charge is 0.493 e. The monoisotopic (exact) mass is 628 g/mol. The van der Waals surface area contributed by atoms with Crippen LogP contribution in [0.15, 0.2) is 65.1 Å². The van der Waals surface area contributed by atoms with Crippen LogP contribution < -0.4 is 4.74 Å². The van der Waals surface area contributed by atoms with Crippen LogP contribution in [-0.2, 0) is 21.7 Å². The van der Waals surface area contributed by atoms with E-state index >= 15 is 0 Å². The Hall–Kier alpha value is -2.23. The van der Waals surface area contributed by atoms with E-state index in [4.69, 9.17) is 14.5 Å². The molecule has 11 heteroatoms. The Labute approximate surface area is 232 Å². The lowest BCUT2D eigenvalue weighted by molar-refractivity contribution is 0.0557. The quantitative estimate of drug-likeness (QED) is 0.175. The van der Waals surface area contributed by atoms with Crippen molar-refractivity contribution < 1.29 is 37.8 Å². The topological polar surface area (TPSA) is 104 Å². The summed E-state index contributed by atoms with van der Waals surface area (Å²) < 4.78 is 44.8. The Morgan fingerprint density at radius 1 is 1.00 bits per heavy atom. The van der Waals surface area contributed by atoms with Gasteiger partial charge in [0.15, 0.2) is 0 Å². The number of halogens is 3. The minimum Gasteiger partial charge on any atom is -0.493 e. The predicted octanol–water partition coefficient (Wildman–Crippen LogP) is 7.90. The SMILES string of the molecule is CC(C)CCOc1ccc(-c2ccc(CSCc3ccc(C(F)(F)P(=O)(O)O)c(Br)c3)cc2)cc1C(=O)O. The number of carboxylic acid groups (broad SMARTS) is 1. The first-order valence-electron chi connectivity index (χ1n) is 11.7. The summed E-state index contributed by atoms with van der Waals surface area (Å²) >= 11 is 4.55. The molecule has 0 saturated carbocycles. The summed E-state index contributed by atoms with van der Waals surface area (Å²) in [6.07, 6.45) is 0.829. The molecule has 0 bridgehead atoms. The van der Waals surface area contributed by atoms with Crippen molar-refractivity contribution in [1.82, 2.24) is 0 Å². The lowest BCUT2D eigenvalue weighted by Crippen LogP contribution is -2.14. The minimum atomic E-state index is -5.64. The molecule has 0 atom stereocenters. The van der Waals surface area contributed by atoms with Gasteiger partial charge >= 0.3 is 19.2 Å². The van der Waals surface area contributed by atoms with Crippen LogP contribution in [0, 0.1) is 5.92 Å². The molecule has 204 valence electrons. The van der Waals surface area contributed by atoms with Crippen molar-refractivity contribution in [2.75, 3.05) is 6.61 Å². The van der Waals surface area contributed by atoms with E-state index in [-0.39, 0.29) is 10.0 Å². The van der Waals surface area contributed by atoms with E-state index in [1.54, 1.807) is 23.9 Å². The van der Waals surface area contributed by atoms with Crippen molar-refractivity contribution in [2.24, 2.45) is 5.92 Å². The second kappa shape index (κ2) is 12.7. The van der Waals surface area contributed by atoms with E-state index in [9.17, 15) is 23.2 Å². The van der Waals surface area contributed by atoms with Crippen LogP contribution >= 0.6 is 35.3 Å². The van der Waals surface area contributed by atoms with Crippen molar-refractivity contribution in [3.63, 3.8) is 0 Å². The molecule has 0 aliphatic heterocycles. The van der Waals surface area contributed by atoms with Gasteiger partial charge in [0.05, 0.1) is 6.61 Å². The first kappa shape index (κ1) is 30.3. The van der Waals surface area contributed by atoms with Crippen molar-refractivity contribution in [3.8, 4) is 16.9 Å². The molecule has 0 spiro atoms. The molecule has 0 unspecified atom stereocenters. The van der Waals surface area contributed by atoms with Crippen molar-refractivity contribution >= 4 is 41.3 Å². The van der Waals surface area contributed by atoms with E-state index in [0.29, 0.717) is 29.8 Å². The number of carboxylic acids is 1. The van der Waals surface area contributed by atoms with Crippen LogP contribution in [0.4, 0.5) is 8.78 Å². The van der Waals surface area contributed by atoms with Crippen LogP contribution in [0.2, 0.25) is 0 Å². The van der Waals surface area contributed by atoms with E-state index in [1.807, 2.05) is 30.3 Å². The zero-order valence-corrected chi connectivity index (χ0v) is 24.0. The van der Waals surface area contributed by atoms with Crippen LogP contribution in [0.3, 0.4) is 0 Å². The van der Waals surface area contributed by atoms with Crippen molar-refractivity contribution in [1.29, 1.82) is 0 Å². The standard InChI is InChI=1S/C27H28BrF2O6PS/c1-17(2)11-12-36-25-10-8-21(14-22(25)26(31)32)20-6-3-18(4-7-20)15-38-16-19-5-9-23(24(28)13-19)27(29,30)37(33,34)35/h3-10,13-14,17H,11-12,15-16H2,1-2H3,(H,31,32)(H2,33,34,35). The third kappa shape index (κ3) is 7.67. The van der Waals surface area contributed by atoms with Gasteiger partial charge in [0.1, 0.15) is 11.3 Å². The van der Waals surface area contributed by atoms with E-state index < -0.39 is 24.8 Å². The summed E-state index contributed by atoms with van der Waals surface area (Å²) in [7, 11) is -5.64. The van der Waals surface area contributed by atoms with Gasteiger partial charge in [0.25, 0.3) is 0 Å². The van der Waals surface area contributed by atoms with Gasteiger partial charge in [-0.1, -0.05) is 72.2 Å². The third-order valence-electron chi connectivity index (χ3n) is 5.71. The Morgan fingerprint density at radius 2 is 1.61 bits per heavy atom. The summed E-state index contributed by atoms with van der Waals surface area (Å²) in [5.74, 6) is 0.892. The Morgan fingerprint density at radius 3 is 2.18 bits per heavy atom. The molecule has 6 nitrogen and oxygen atoms in total. The number of ether oxygens (including phenoxy) is 1. The number of hydrogen-bond donors (Lipinski definition) is 3. The first-order valence-corrected chi connectivity index (χ1v) is 15.2. The maximum absolute atomic E-state index is 14.0. The van der Waals surface area contributed by atoms with Gasteiger partial charge in [-0.15, -0.1) is 0 Å². The molecule has 0 aromatic heterocycles. The number of thioether (sulfide) groups is 1. The normalized spacial score (nSPS) is 12.1. The lowest BCUT2D eigenvalue weighted by atomic mass is 10.0. The molecule has 0 aliphatic rings. The Balaban J connectivity index is 1.63. The number of carbonyl (C=O) groups is 1. The highest BCUT2D eigenvalue weighted by atomic mass is 79.9. The molecule has 0 aliphatic carbocycles. The van der Waals surface area contributed by atoms with Crippen LogP contribution in [-0.4, -0.2) is 27.5 Å². The van der Waals surface area contributed by atoms with Gasteiger partial charge in [-0.25, -0.2) is 4.79 Å². The zero-order valence-electron chi connectivity index (χ0n) is 20.7. The highest BCUT2D eigenvalue weighted by molar-refractivity contribution is 9.10. The van der Waals surface area contributed by atoms with Gasteiger partial charge in [-0.05, 0) is 52.8 Å². The first-order chi connectivity index (χ1) is 17.8. The summed E-state index contributed by atoms with van der Waals surface area (Å²) in [4.78, 5) is 29.7. The van der Waals surface area contributed by atoms with Crippen LogP contribution in [0.5, 0.6) is 5.75 Å².